The predicted octanol–water partition coefficient (Wildman–Crippen LogP) is 1.92. The Labute approximate surface area is 194 Å². The number of nitrogens with zero attached hydrogens (tertiary/aromatic N) is 3. The van der Waals surface area contributed by atoms with Gasteiger partial charge in [-0.25, -0.2) is 4.79 Å². The molecule has 3 aliphatic heterocycles. The van der Waals surface area contributed by atoms with Crippen LogP contribution in [0.15, 0.2) is 29.2 Å². The molecule has 9 heteroatoms. The number of benzene rings is 1. The number of hydrogen-bond acceptors (Lipinski definition) is 8. The van der Waals surface area contributed by atoms with Gasteiger partial charge < -0.3 is 31.3 Å². The molecule has 9 nitrogen and oxygen atoms in total. The van der Waals surface area contributed by atoms with Gasteiger partial charge in [0.1, 0.15) is 0 Å². The summed E-state index contributed by atoms with van der Waals surface area (Å²) in [6.07, 6.45) is 7.09. The minimum absolute atomic E-state index is 0.157. The third kappa shape index (κ3) is 5.38. The van der Waals surface area contributed by atoms with Crippen molar-refractivity contribution in [2.45, 2.75) is 50.7 Å². The Hall–Kier alpha value is -2.46. The van der Waals surface area contributed by atoms with Crippen molar-refractivity contribution in [3.8, 4) is 11.5 Å². The monoisotopic (exact) mass is 453 g/mol. The van der Waals surface area contributed by atoms with Gasteiger partial charge in [-0.15, -0.1) is 0 Å². The standard InChI is InChI=1S/C24H35N7O2/c25-18-3-2-11-30(15-18)12-10-27-14-17-5-6-21-20(13-17)28-23-22(33-21)16-31(24(32)29-23)19-4-1-8-26-9-7-19/h5-6,13,16,18-19,26-27H,1-4,7-12,14-15,25H2,(H,28,29,32). The number of piperidine rings is 1. The number of fused-ring (bicyclic) bond motifs is 2. The molecular weight excluding hydrogens is 418 g/mol. The summed E-state index contributed by atoms with van der Waals surface area (Å²) in [5.41, 5.74) is 7.84. The molecular formula is C24H35N7O2. The molecule has 1 aromatic carbocycles. The van der Waals surface area contributed by atoms with Crippen LogP contribution < -0.4 is 32.1 Å². The first kappa shape index (κ1) is 22.3. The summed E-state index contributed by atoms with van der Waals surface area (Å²) in [5, 5.41) is 10.2. The number of nitrogens with one attached hydrogen (secondary N) is 3. The maximum atomic E-state index is 12.7. The number of hydrogen-bond donors (Lipinski definition) is 4. The molecule has 2 saturated heterocycles. The van der Waals surface area contributed by atoms with E-state index in [2.05, 4.69) is 38.0 Å². The summed E-state index contributed by atoms with van der Waals surface area (Å²) < 4.78 is 7.87. The Morgan fingerprint density at radius 3 is 3.03 bits per heavy atom. The van der Waals surface area contributed by atoms with Crippen LogP contribution in [-0.2, 0) is 6.54 Å². The van der Waals surface area contributed by atoms with E-state index in [1.54, 1.807) is 4.57 Å². The Morgan fingerprint density at radius 2 is 2.12 bits per heavy atom. The quantitative estimate of drug-likeness (QED) is 0.419. The van der Waals surface area contributed by atoms with Gasteiger partial charge in [0.15, 0.2) is 17.3 Å². The molecule has 2 unspecified atom stereocenters. The molecule has 5 N–H and O–H groups in total. The van der Waals surface area contributed by atoms with E-state index in [4.69, 9.17) is 10.5 Å². The van der Waals surface area contributed by atoms with Gasteiger partial charge in [0.05, 0.1) is 11.9 Å². The molecule has 0 amide bonds. The average Bonchev–Trinajstić information content (AvgIpc) is 3.10. The van der Waals surface area contributed by atoms with Crippen molar-refractivity contribution in [2.24, 2.45) is 5.73 Å². The molecule has 0 spiro atoms. The molecule has 2 atom stereocenters. The number of rotatable bonds is 6. The third-order valence-electron chi connectivity index (χ3n) is 6.85. The van der Waals surface area contributed by atoms with Gasteiger partial charge in [-0.2, -0.15) is 4.98 Å². The molecule has 1 aromatic heterocycles. The van der Waals surface area contributed by atoms with Gasteiger partial charge in [0, 0.05) is 38.3 Å². The first-order chi connectivity index (χ1) is 16.2. The van der Waals surface area contributed by atoms with Gasteiger partial charge in [0.25, 0.3) is 0 Å². The molecule has 33 heavy (non-hydrogen) atoms. The van der Waals surface area contributed by atoms with Crippen LogP contribution in [0.4, 0.5) is 11.5 Å². The summed E-state index contributed by atoms with van der Waals surface area (Å²) >= 11 is 0. The first-order valence-corrected chi connectivity index (χ1v) is 12.3. The minimum Gasteiger partial charge on any atom is -0.450 e. The van der Waals surface area contributed by atoms with Gasteiger partial charge >= 0.3 is 5.69 Å². The van der Waals surface area contributed by atoms with Crippen LogP contribution in [-0.4, -0.2) is 59.8 Å². The molecule has 178 valence electrons. The first-order valence-electron chi connectivity index (χ1n) is 12.3. The van der Waals surface area contributed by atoms with Crippen LogP contribution in [0.5, 0.6) is 11.5 Å². The van der Waals surface area contributed by atoms with E-state index in [1.165, 1.54) is 6.42 Å². The van der Waals surface area contributed by atoms with E-state index in [-0.39, 0.29) is 11.7 Å². The van der Waals surface area contributed by atoms with Crippen molar-refractivity contribution in [1.82, 2.24) is 25.1 Å². The molecule has 0 saturated carbocycles. The van der Waals surface area contributed by atoms with E-state index in [0.717, 1.165) is 88.5 Å². The van der Waals surface area contributed by atoms with Gasteiger partial charge in [-0.05, 0) is 69.4 Å². The van der Waals surface area contributed by atoms with E-state index in [9.17, 15) is 4.79 Å². The molecule has 2 aromatic rings. The number of ether oxygens (including phenoxy) is 1. The van der Waals surface area contributed by atoms with E-state index < -0.39 is 0 Å². The normalized spacial score (nSPS) is 23.1. The zero-order chi connectivity index (χ0) is 22.6. The Balaban J connectivity index is 1.20. The van der Waals surface area contributed by atoms with Crippen LogP contribution in [0.3, 0.4) is 0 Å². The van der Waals surface area contributed by atoms with Crippen LogP contribution in [0.1, 0.15) is 43.7 Å². The zero-order valence-corrected chi connectivity index (χ0v) is 19.2. The second-order valence-electron chi connectivity index (χ2n) is 9.42. The lowest BCUT2D eigenvalue weighted by molar-refractivity contribution is 0.209. The lowest BCUT2D eigenvalue weighted by Gasteiger charge is -2.30. The molecule has 0 bridgehead atoms. The zero-order valence-electron chi connectivity index (χ0n) is 19.2. The second kappa shape index (κ2) is 10.2. The predicted molar refractivity (Wildman–Crippen MR) is 129 cm³/mol. The van der Waals surface area contributed by atoms with E-state index in [1.807, 2.05) is 12.3 Å². The number of aromatic nitrogens is 2. The van der Waals surface area contributed by atoms with Crippen LogP contribution in [0, 0.1) is 0 Å². The molecule has 5 rings (SSSR count). The third-order valence-corrected chi connectivity index (χ3v) is 6.85. The fourth-order valence-corrected chi connectivity index (χ4v) is 5.04. The topological polar surface area (TPSA) is 109 Å². The van der Waals surface area contributed by atoms with Crippen molar-refractivity contribution in [1.29, 1.82) is 0 Å². The highest BCUT2D eigenvalue weighted by Crippen LogP contribution is 2.40. The van der Waals surface area contributed by atoms with Crippen molar-refractivity contribution < 1.29 is 4.74 Å². The van der Waals surface area contributed by atoms with Crippen LogP contribution >= 0.6 is 0 Å². The Bertz CT molecular complexity index is 1020. The number of anilines is 2. The van der Waals surface area contributed by atoms with Crippen molar-refractivity contribution >= 4 is 11.5 Å². The van der Waals surface area contributed by atoms with E-state index in [0.29, 0.717) is 17.6 Å². The van der Waals surface area contributed by atoms with Gasteiger partial charge in [-0.3, -0.25) is 4.57 Å². The highest BCUT2D eigenvalue weighted by Gasteiger charge is 2.23. The minimum atomic E-state index is -0.226. The second-order valence-corrected chi connectivity index (χ2v) is 9.42. The average molecular weight is 454 g/mol. The molecule has 0 aliphatic carbocycles. The fraction of sp³-hybridized carbons (Fsp3) is 0.583. The summed E-state index contributed by atoms with van der Waals surface area (Å²) in [5.74, 6) is 1.84. The number of nitrogens with two attached hydrogens (primary N) is 1. The van der Waals surface area contributed by atoms with Crippen LogP contribution in [0.2, 0.25) is 0 Å². The Morgan fingerprint density at radius 1 is 1.18 bits per heavy atom. The van der Waals surface area contributed by atoms with Crippen LogP contribution in [0.25, 0.3) is 0 Å². The molecule has 0 radical (unpaired) electrons. The summed E-state index contributed by atoms with van der Waals surface area (Å²) in [7, 11) is 0. The molecule has 4 heterocycles. The maximum absolute atomic E-state index is 12.7. The molecule has 2 fully saturated rings. The summed E-state index contributed by atoms with van der Waals surface area (Å²) in [6, 6.07) is 6.60. The Kier molecular flexibility index (Phi) is 6.91. The van der Waals surface area contributed by atoms with Crippen molar-refractivity contribution in [3.63, 3.8) is 0 Å². The van der Waals surface area contributed by atoms with E-state index >= 15 is 0 Å². The summed E-state index contributed by atoms with van der Waals surface area (Å²) in [6.45, 7) is 6.76. The molecule has 3 aliphatic rings. The highest BCUT2D eigenvalue weighted by atomic mass is 16.5. The lowest BCUT2D eigenvalue weighted by atomic mass is 10.1. The smallest absolute Gasteiger partial charge is 0.350 e. The van der Waals surface area contributed by atoms with Crippen molar-refractivity contribution in [3.05, 3.63) is 40.4 Å². The fourth-order valence-electron chi connectivity index (χ4n) is 5.04. The van der Waals surface area contributed by atoms with Gasteiger partial charge in [0.2, 0.25) is 0 Å². The largest absolute Gasteiger partial charge is 0.450 e. The SMILES string of the molecule is NC1CCCN(CCNCc2ccc3c(c2)Nc2nc(=O)n(C4CCCNCC4)cc2O3)C1. The summed E-state index contributed by atoms with van der Waals surface area (Å²) in [4.78, 5) is 19.5. The highest BCUT2D eigenvalue weighted by molar-refractivity contribution is 5.72. The maximum Gasteiger partial charge on any atom is 0.350 e. The number of likely N-dealkylation sites (tertiary alicyclic amines) is 1. The van der Waals surface area contributed by atoms with Crippen molar-refractivity contribution in [2.75, 3.05) is 44.6 Å². The lowest BCUT2D eigenvalue weighted by Crippen LogP contribution is -2.45. The van der Waals surface area contributed by atoms with Gasteiger partial charge in [-0.1, -0.05) is 6.07 Å².